The van der Waals surface area contributed by atoms with Gasteiger partial charge in [0.05, 0.1) is 11.4 Å². The van der Waals surface area contributed by atoms with Crippen LogP contribution in [0.5, 0.6) is 0 Å². The van der Waals surface area contributed by atoms with E-state index < -0.39 is 11.9 Å². The van der Waals surface area contributed by atoms with E-state index in [0.717, 1.165) is 24.4 Å². The predicted molar refractivity (Wildman–Crippen MR) is 69.3 cm³/mol. The fourth-order valence-electron chi connectivity index (χ4n) is 2.20. The summed E-state index contributed by atoms with van der Waals surface area (Å²) in [5, 5.41) is 4.28. The fraction of sp³-hybridized carbons (Fsp3) is 0.333. The maximum atomic E-state index is 12.6. The van der Waals surface area contributed by atoms with Crippen molar-refractivity contribution in [3.63, 3.8) is 0 Å². The summed E-state index contributed by atoms with van der Waals surface area (Å²) in [7, 11) is 0. The molecule has 0 radical (unpaired) electrons. The first-order valence-electron chi connectivity index (χ1n) is 5.82. The van der Waals surface area contributed by atoms with E-state index in [0.29, 0.717) is 17.8 Å². The van der Waals surface area contributed by atoms with E-state index in [9.17, 15) is 13.2 Å². The van der Waals surface area contributed by atoms with Crippen LogP contribution in [0.4, 0.5) is 13.2 Å². The van der Waals surface area contributed by atoms with Crippen molar-refractivity contribution in [1.82, 2.24) is 14.8 Å². The van der Waals surface area contributed by atoms with Gasteiger partial charge in [0.1, 0.15) is 5.69 Å². The molecule has 0 aliphatic carbocycles. The average molecular weight is 305 g/mol. The Morgan fingerprint density at radius 1 is 1.30 bits per heavy atom. The van der Waals surface area contributed by atoms with Crippen LogP contribution < -0.4 is 5.73 Å². The number of halogens is 4. The van der Waals surface area contributed by atoms with Gasteiger partial charge in [0, 0.05) is 24.3 Å². The standard InChI is InChI=1S/C12H11F3N4.ClH/c13-12(14,15)11-5-7(1-3-17-11)9-6-10-8(16)2-4-19(10)18-9;/h1,3,5-6,8H,2,4,16H2;1H. The Labute approximate surface area is 119 Å². The van der Waals surface area contributed by atoms with E-state index >= 15 is 0 Å². The zero-order valence-electron chi connectivity index (χ0n) is 10.3. The van der Waals surface area contributed by atoms with E-state index in [2.05, 4.69) is 10.1 Å². The summed E-state index contributed by atoms with van der Waals surface area (Å²) in [6.07, 6.45) is -2.50. The van der Waals surface area contributed by atoms with Crippen molar-refractivity contribution in [1.29, 1.82) is 0 Å². The second-order valence-electron chi connectivity index (χ2n) is 4.50. The molecule has 0 saturated carbocycles. The van der Waals surface area contributed by atoms with Crippen molar-refractivity contribution in [2.75, 3.05) is 0 Å². The molecular weight excluding hydrogens is 293 g/mol. The molecule has 4 nitrogen and oxygen atoms in total. The van der Waals surface area contributed by atoms with Gasteiger partial charge in [0.15, 0.2) is 0 Å². The van der Waals surface area contributed by atoms with Crippen molar-refractivity contribution in [3.05, 3.63) is 35.8 Å². The van der Waals surface area contributed by atoms with Gasteiger partial charge >= 0.3 is 6.18 Å². The Morgan fingerprint density at radius 2 is 2.05 bits per heavy atom. The molecule has 0 spiro atoms. The number of hydrogen-bond acceptors (Lipinski definition) is 3. The number of alkyl halides is 3. The second-order valence-corrected chi connectivity index (χ2v) is 4.50. The van der Waals surface area contributed by atoms with E-state index in [1.165, 1.54) is 6.07 Å². The van der Waals surface area contributed by atoms with Gasteiger partial charge in [0.2, 0.25) is 0 Å². The number of aromatic nitrogens is 3. The van der Waals surface area contributed by atoms with Crippen LogP contribution in [0.15, 0.2) is 24.4 Å². The van der Waals surface area contributed by atoms with Crippen molar-refractivity contribution in [3.8, 4) is 11.3 Å². The quantitative estimate of drug-likeness (QED) is 0.881. The van der Waals surface area contributed by atoms with Crippen LogP contribution in [0.25, 0.3) is 11.3 Å². The zero-order chi connectivity index (χ0) is 13.6. The van der Waals surface area contributed by atoms with Crippen molar-refractivity contribution < 1.29 is 13.2 Å². The number of rotatable bonds is 1. The van der Waals surface area contributed by atoms with E-state index in [1.54, 1.807) is 10.7 Å². The van der Waals surface area contributed by atoms with Crippen molar-refractivity contribution in [2.45, 2.75) is 25.2 Å². The molecule has 1 unspecified atom stereocenters. The molecule has 1 aliphatic heterocycles. The highest BCUT2D eigenvalue weighted by atomic mass is 35.5. The summed E-state index contributed by atoms with van der Waals surface area (Å²) in [5.74, 6) is 0. The van der Waals surface area contributed by atoms with Gasteiger partial charge in [-0.15, -0.1) is 12.4 Å². The Bertz CT molecular complexity index is 623. The fourth-order valence-corrected chi connectivity index (χ4v) is 2.20. The summed E-state index contributed by atoms with van der Waals surface area (Å²) in [6.45, 7) is 0.702. The smallest absolute Gasteiger partial charge is 0.323 e. The molecule has 20 heavy (non-hydrogen) atoms. The van der Waals surface area contributed by atoms with Gasteiger partial charge in [-0.3, -0.25) is 9.67 Å². The molecule has 108 valence electrons. The third-order valence-corrected chi connectivity index (χ3v) is 3.19. The summed E-state index contributed by atoms with van der Waals surface area (Å²) in [6, 6.07) is 4.17. The monoisotopic (exact) mass is 304 g/mol. The Morgan fingerprint density at radius 3 is 2.70 bits per heavy atom. The highest BCUT2D eigenvalue weighted by Gasteiger charge is 2.33. The van der Waals surface area contributed by atoms with E-state index in [-0.39, 0.29) is 18.4 Å². The molecule has 2 aromatic rings. The zero-order valence-corrected chi connectivity index (χ0v) is 11.1. The van der Waals surface area contributed by atoms with Gasteiger partial charge in [-0.2, -0.15) is 18.3 Å². The lowest BCUT2D eigenvalue weighted by atomic mass is 10.1. The van der Waals surface area contributed by atoms with Crippen LogP contribution in [-0.2, 0) is 12.7 Å². The summed E-state index contributed by atoms with van der Waals surface area (Å²) in [5.41, 5.74) is 6.73. The van der Waals surface area contributed by atoms with Crippen LogP contribution in [0.3, 0.4) is 0 Å². The second kappa shape index (κ2) is 5.06. The van der Waals surface area contributed by atoms with Crippen LogP contribution in [0.1, 0.15) is 23.9 Å². The maximum absolute atomic E-state index is 12.6. The van der Waals surface area contributed by atoms with E-state index in [1.807, 2.05) is 0 Å². The number of nitrogens with zero attached hydrogens (tertiary/aromatic N) is 3. The minimum absolute atomic E-state index is 0. The van der Waals surface area contributed by atoms with Crippen LogP contribution in [0, 0.1) is 0 Å². The number of pyridine rings is 1. The summed E-state index contributed by atoms with van der Waals surface area (Å²) < 4.78 is 39.5. The summed E-state index contributed by atoms with van der Waals surface area (Å²) in [4.78, 5) is 3.33. The van der Waals surface area contributed by atoms with E-state index in [4.69, 9.17) is 5.73 Å². The van der Waals surface area contributed by atoms with Crippen molar-refractivity contribution >= 4 is 12.4 Å². The molecule has 0 bridgehead atoms. The number of hydrogen-bond donors (Lipinski definition) is 1. The SMILES string of the molecule is Cl.NC1CCn2nc(-c3ccnc(C(F)(F)F)c3)cc21. The molecule has 1 aliphatic rings. The van der Waals surface area contributed by atoms with Crippen LogP contribution >= 0.6 is 12.4 Å². The molecule has 2 N–H and O–H groups in total. The molecule has 3 heterocycles. The molecule has 3 rings (SSSR count). The van der Waals surface area contributed by atoms with Gasteiger partial charge in [0.25, 0.3) is 0 Å². The predicted octanol–water partition coefficient (Wildman–Crippen LogP) is 2.79. The average Bonchev–Trinajstić information content (AvgIpc) is 2.91. The molecule has 0 amide bonds. The lowest BCUT2D eigenvalue weighted by Gasteiger charge is -2.06. The third-order valence-electron chi connectivity index (χ3n) is 3.19. The summed E-state index contributed by atoms with van der Waals surface area (Å²) >= 11 is 0. The normalized spacial score (nSPS) is 17.7. The number of aryl methyl sites for hydroxylation is 1. The largest absolute Gasteiger partial charge is 0.433 e. The highest BCUT2D eigenvalue weighted by Crippen LogP contribution is 2.32. The number of fused-ring (bicyclic) bond motifs is 1. The van der Waals surface area contributed by atoms with Crippen LogP contribution in [-0.4, -0.2) is 14.8 Å². The number of nitrogens with two attached hydrogens (primary N) is 1. The van der Waals surface area contributed by atoms with Crippen LogP contribution in [0.2, 0.25) is 0 Å². The van der Waals surface area contributed by atoms with Gasteiger partial charge in [-0.05, 0) is 24.6 Å². The highest BCUT2D eigenvalue weighted by molar-refractivity contribution is 5.85. The molecule has 8 heteroatoms. The molecule has 0 aromatic carbocycles. The van der Waals surface area contributed by atoms with Gasteiger partial charge < -0.3 is 5.73 Å². The minimum atomic E-state index is -4.45. The Balaban J connectivity index is 0.00000147. The van der Waals surface area contributed by atoms with Gasteiger partial charge in [-0.25, -0.2) is 0 Å². The Kier molecular flexibility index (Phi) is 3.75. The molecule has 2 aromatic heterocycles. The van der Waals surface area contributed by atoms with Crippen molar-refractivity contribution in [2.24, 2.45) is 5.73 Å². The third kappa shape index (κ3) is 2.51. The first-order valence-corrected chi connectivity index (χ1v) is 5.82. The minimum Gasteiger partial charge on any atom is -0.323 e. The molecule has 0 saturated heterocycles. The molecule has 1 atom stereocenters. The maximum Gasteiger partial charge on any atom is 0.433 e. The Hall–Kier alpha value is -1.60. The molecular formula is C12H12ClF3N4. The molecule has 0 fully saturated rings. The lowest BCUT2D eigenvalue weighted by Crippen LogP contribution is -2.07. The van der Waals surface area contributed by atoms with Gasteiger partial charge in [-0.1, -0.05) is 0 Å². The topological polar surface area (TPSA) is 56.7 Å². The first-order chi connectivity index (χ1) is 8.95. The lowest BCUT2D eigenvalue weighted by molar-refractivity contribution is -0.141. The first kappa shape index (κ1) is 14.8.